The molecule has 1 fully saturated rings. The van der Waals surface area contributed by atoms with Crippen molar-refractivity contribution in [2.24, 2.45) is 0 Å². The molecule has 2 atom stereocenters. The highest BCUT2D eigenvalue weighted by atomic mass is 32.2. The third kappa shape index (κ3) is 3.68. The van der Waals surface area contributed by atoms with Gasteiger partial charge in [-0.15, -0.1) is 0 Å². The van der Waals surface area contributed by atoms with Crippen LogP contribution >= 0.6 is 0 Å². The summed E-state index contributed by atoms with van der Waals surface area (Å²) in [6.07, 6.45) is 7.21. The Balaban J connectivity index is 1.57. The molecule has 1 aromatic heterocycles. The van der Waals surface area contributed by atoms with E-state index in [1.54, 1.807) is 24.3 Å². The van der Waals surface area contributed by atoms with Crippen LogP contribution in [0.3, 0.4) is 0 Å². The number of piperidine rings is 1. The molecule has 4 rings (SSSR count). The summed E-state index contributed by atoms with van der Waals surface area (Å²) in [5, 5.41) is 0. The molecule has 29 heavy (non-hydrogen) atoms. The van der Waals surface area contributed by atoms with Crippen LogP contribution in [-0.2, 0) is 32.9 Å². The number of aryl methyl sites for hydroxylation is 2. The van der Waals surface area contributed by atoms with Gasteiger partial charge in [0.1, 0.15) is 5.82 Å². The van der Waals surface area contributed by atoms with Crippen molar-refractivity contribution in [3.05, 3.63) is 53.1 Å². The highest BCUT2D eigenvalue weighted by molar-refractivity contribution is 7.90. The molecule has 1 aliphatic carbocycles. The van der Waals surface area contributed by atoms with E-state index >= 15 is 0 Å². The molecule has 1 saturated heterocycles. The average molecular weight is 414 g/mol. The van der Waals surface area contributed by atoms with Crippen molar-refractivity contribution in [3.8, 4) is 0 Å². The third-order valence-electron chi connectivity index (χ3n) is 6.45. The Bertz CT molecular complexity index is 1050. The zero-order valence-corrected chi connectivity index (χ0v) is 18.0. The maximum Gasteiger partial charge on any atom is 0.227 e. The number of likely N-dealkylation sites (tertiary alicyclic amines) is 1. The van der Waals surface area contributed by atoms with Crippen LogP contribution in [0.4, 0.5) is 0 Å². The Morgan fingerprint density at radius 2 is 2.00 bits per heavy atom. The molecule has 0 N–H and O–H groups in total. The minimum Gasteiger partial charge on any atom is -0.338 e. The monoisotopic (exact) mass is 413 g/mol. The van der Waals surface area contributed by atoms with E-state index in [9.17, 15) is 13.2 Å². The van der Waals surface area contributed by atoms with Crippen LogP contribution in [0, 0.1) is 6.92 Å². The van der Waals surface area contributed by atoms with Gasteiger partial charge in [0.25, 0.3) is 0 Å². The van der Waals surface area contributed by atoms with Crippen LogP contribution in [0.2, 0.25) is 0 Å². The molecule has 2 aromatic rings. The standard InChI is InChI=1S/C22H27N3O3S/c1-15-23-14-17-7-10-19-22(2,21(17)24-15)11-4-12-25(19)20(26)13-16-5-8-18(9-6-16)29(3,27)28/h5-6,8-9,14,19H,4,7,10-13H2,1-3H3/t19-,22-/m1/s1. The molecule has 2 heterocycles. The minimum absolute atomic E-state index is 0.0993. The fraction of sp³-hybridized carbons (Fsp3) is 0.500. The molecular weight excluding hydrogens is 386 g/mol. The number of aromatic nitrogens is 2. The molecule has 0 unspecified atom stereocenters. The Hall–Kier alpha value is -2.28. The lowest BCUT2D eigenvalue weighted by molar-refractivity contribution is -0.137. The summed E-state index contributed by atoms with van der Waals surface area (Å²) in [4.78, 5) is 24.6. The zero-order valence-electron chi connectivity index (χ0n) is 17.2. The summed E-state index contributed by atoms with van der Waals surface area (Å²) in [7, 11) is -3.23. The number of rotatable bonds is 3. The summed E-state index contributed by atoms with van der Waals surface area (Å²) in [6, 6.07) is 6.78. The largest absolute Gasteiger partial charge is 0.338 e. The second kappa shape index (κ2) is 7.20. The van der Waals surface area contributed by atoms with Gasteiger partial charge in [-0.2, -0.15) is 0 Å². The number of fused-ring (bicyclic) bond motifs is 3. The van der Waals surface area contributed by atoms with Crippen molar-refractivity contribution < 1.29 is 13.2 Å². The van der Waals surface area contributed by atoms with E-state index in [0.717, 1.165) is 49.3 Å². The maximum atomic E-state index is 13.2. The minimum atomic E-state index is -3.23. The van der Waals surface area contributed by atoms with E-state index in [2.05, 4.69) is 11.9 Å². The molecule has 0 spiro atoms. The molecule has 1 aromatic carbocycles. The van der Waals surface area contributed by atoms with E-state index in [1.807, 2.05) is 18.0 Å². The second-order valence-electron chi connectivity index (χ2n) is 8.55. The first-order valence-corrected chi connectivity index (χ1v) is 12.0. The third-order valence-corrected chi connectivity index (χ3v) is 7.58. The van der Waals surface area contributed by atoms with Crippen molar-refractivity contribution >= 4 is 15.7 Å². The second-order valence-corrected chi connectivity index (χ2v) is 10.6. The number of hydrogen-bond acceptors (Lipinski definition) is 5. The van der Waals surface area contributed by atoms with Crippen molar-refractivity contribution in [2.45, 2.75) is 62.3 Å². The van der Waals surface area contributed by atoms with E-state index in [-0.39, 0.29) is 28.7 Å². The first-order chi connectivity index (χ1) is 13.7. The predicted molar refractivity (Wildman–Crippen MR) is 110 cm³/mol. The molecular formula is C22H27N3O3S. The van der Waals surface area contributed by atoms with Gasteiger partial charge < -0.3 is 4.90 Å². The summed E-state index contributed by atoms with van der Waals surface area (Å²) >= 11 is 0. The number of benzene rings is 1. The van der Waals surface area contributed by atoms with E-state index < -0.39 is 9.84 Å². The van der Waals surface area contributed by atoms with Crippen LogP contribution in [0.15, 0.2) is 35.4 Å². The van der Waals surface area contributed by atoms with Gasteiger partial charge in [-0.1, -0.05) is 19.1 Å². The van der Waals surface area contributed by atoms with E-state index in [0.29, 0.717) is 0 Å². The maximum absolute atomic E-state index is 13.2. The van der Waals surface area contributed by atoms with Gasteiger partial charge >= 0.3 is 0 Å². The SMILES string of the molecule is Cc1ncc2c(n1)[C@]1(C)CCCN(C(=O)Cc3ccc(S(C)(=O)=O)cc3)[C@@H]1CC2. The predicted octanol–water partition coefficient (Wildman–Crippen LogP) is 2.63. The summed E-state index contributed by atoms with van der Waals surface area (Å²) in [5.41, 5.74) is 3.01. The molecule has 6 nitrogen and oxygen atoms in total. The lowest BCUT2D eigenvalue weighted by Crippen LogP contribution is -2.58. The molecule has 154 valence electrons. The molecule has 0 bridgehead atoms. The zero-order chi connectivity index (χ0) is 20.8. The first kappa shape index (κ1) is 20.0. The van der Waals surface area contributed by atoms with Crippen molar-refractivity contribution in [1.82, 2.24) is 14.9 Å². The molecule has 1 amide bonds. The highest BCUT2D eigenvalue weighted by Gasteiger charge is 2.48. The van der Waals surface area contributed by atoms with Gasteiger partial charge in [0.15, 0.2) is 9.84 Å². The average Bonchev–Trinajstić information content (AvgIpc) is 2.67. The number of carbonyl (C=O) groups excluding carboxylic acids is 1. The Labute approximate surface area is 172 Å². The van der Waals surface area contributed by atoms with Gasteiger partial charge in [-0.05, 0) is 55.9 Å². The van der Waals surface area contributed by atoms with Gasteiger partial charge in [0.05, 0.1) is 17.0 Å². The van der Waals surface area contributed by atoms with Crippen LogP contribution in [0.5, 0.6) is 0 Å². The summed E-state index contributed by atoms with van der Waals surface area (Å²) < 4.78 is 23.3. The Morgan fingerprint density at radius 3 is 2.69 bits per heavy atom. The number of amides is 1. The quantitative estimate of drug-likeness (QED) is 0.773. The molecule has 2 aliphatic rings. The van der Waals surface area contributed by atoms with Crippen LogP contribution in [0.1, 0.15) is 48.8 Å². The van der Waals surface area contributed by atoms with Crippen molar-refractivity contribution in [3.63, 3.8) is 0 Å². The van der Waals surface area contributed by atoms with Gasteiger partial charge in [0.2, 0.25) is 5.91 Å². The number of carbonyl (C=O) groups is 1. The van der Waals surface area contributed by atoms with E-state index in [4.69, 9.17) is 4.98 Å². The molecule has 0 saturated carbocycles. The molecule has 0 radical (unpaired) electrons. The fourth-order valence-corrected chi connectivity index (χ4v) is 5.56. The van der Waals surface area contributed by atoms with Gasteiger partial charge in [0, 0.05) is 30.5 Å². The lowest BCUT2D eigenvalue weighted by Gasteiger charge is -2.51. The topological polar surface area (TPSA) is 80.2 Å². The Morgan fingerprint density at radius 1 is 1.28 bits per heavy atom. The summed E-state index contributed by atoms with van der Waals surface area (Å²) in [5.74, 6) is 0.877. The van der Waals surface area contributed by atoms with Crippen LogP contribution in [-0.4, -0.2) is 48.0 Å². The molecule has 1 aliphatic heterocycles. The number of nitrogens with zero attached hydrogens (tertiary/aromatic N) is 3. The Kier molecular flexibility index (Phi) is 4.97. The normalized spacial score (nSPS) is 24.0. The van der Waals surface area contributed by atoms with Crippen LogP contribution in [0.25, 0.3) is 0 Å². The molecule has 7 heteroatoms. The first-order valence-electron chi connectivity index (χ1n) is 10.1. The fourth-order valence-electron chi connectivity index (χ4n) is 4.93. The van der Waals surface area contributed by atoms with E-state index in [1.165, 1.54) is 11.8 Å². The summed E-state index contributed by atoms with van der Waals surface area (Å²) in [6.45, 7) is 4.92. The number of sulfone groups is 1. The smallest absolute Gasteiger partial charge is 0.227 e. The van der Waals surface area contributed by atoms with Crippen molar-refractivity contribution in [1.29, 1.82) is 0 Å². The van der Waals surface area contributed by atoms with Crippen molar-refractivity contribution in [2.75, 3.05) is 12.8 Å². The van der Waals surface area contributed by atoms with Gasteiger partial charge in [-0.3, -0.25) is 4.79 Å². The van der Waals surface area contributed by atoms with Gasteiger partial charge in [-0.25, -0.2) is 18.4 Å². The highest BCUT2D eigenvalue weighted by Crippen LogP contribution is 2.44. The lowest BCUT2D eigenvalue weighted by atomic mass is 9.65. The van der Waals surface area contributed by atoms with Crippen LogP contribution < -0.4 is 0 Å². The number of hydrogen-bond donors (Lipinski definition) is 0.